The molecule has 0 saturated carbocycles. The molecule has 0 spiro atoms. The normalized spacial score (nSPS) is 19.6. The molecule has 0 radical (unpaired) electrons. The first-order valence-corrected chi connectivity index (χ1v) is 6.00. The third kappa shape index (κ3) is 2.79. The third-order valence-corrected chi connectivity index (χ3v) is 3.12. The summed E-state index contributed by atoms with van der Waals surface area (Å²) in [6, 6.07) is 0.421. The van der Waals surface area contributed by atoms with Gasteiger partial charge in [-0.05, 0) is 25.7 Å². The van der Waals surface area contributed by atoms with Crippen molar-refractivity contribution in [3.63, 3.8) is 0 Å². The van der Waals surface area contributed by atoms with E-state index in [1.165, 1.54) is 0 Å². The summed E-state index contributed by atoms with van der Waals surface area (Å²) in [6.07, 6.45) is 7.89. The van der Waals surface area contributed by atoms with Crippen LogP contribution in [0, 0.1) is 0 Å². The van der Waals surface area contributed by atoms with Crippen LogP contribution in [0.5, 0.6) is 0 Å². The number of aliphatic hydroxyl groups is 1. The van der Waals surface area contributed by atoms with Crippen molar-refractivity contribution in [1.82, 2.24) is 9.97 Å². The van der Waals surface area contributed by atoms with Crippen molar-refractivity contribution in [3.05, 3.63) is 18.0 Å². The van der Waals surface area contributed by atoms with E-state index in [9.17, 15) is 4.79 Å². The summed E-state index contributed by atoms with van der Waals surface area (Å²) in [5.41, 5.74) is 0.500. The Hall–Kier alpha value is -1.49. The van der Waals surface area contributed by atoms with Gasteiger partial charge in [0.25, 0.3) is 0 Å². The lowest BCUT2D eigenvalue weighted by Gasteiger charge is -2.24. The van der Waals surface area contributed by atoms with E-state index in [0.717, 1.165) is 38.5 Å². The number of carbonyl (C=O) groups is 1. The van der Waals surface area contributed by atoms with E-state index in [1.807, 2.05) is 0 Å². The number of hydrogen-bond acceptors (Lipinski definition) is 5. The molecule has 5 heteroatoms. The van der Waals surface area contributed by atoms with Crippen LogP contribution in [0.2, 0.25) is 0 Å². The van der Waals surface area contributed by atoms with E-state index in [1.54, 1.807) is 12.4 Å². The summed E-state index contributed by atoms with van der Waals surface area (Å²) in [5, 5.41) is 8.86. The van der Waals surface area contributed by atoms with Crippen LogP contribution in [-0.2, 0) is 0 Å². The van der Waals surface area contributed by atoms with Crippen molar-refractivity contribution in [2.45, 2.75) is 31.7 Å². The van der Waals surface area contributed by atoms with Crippen LogP contribution in [0.3, 0.4) is 0 Å². The Morgan fingerprint density at radius 3 is 2.88 bits per heavy atom. The molecule has 0 bridgehead atoms. The van der Waals surface area contributed by atoms with Crippen molar-refractivity contribution in [2.24, 2.45) is 0 Å². The molecule has 1 aliphatic rings. The number of aliphatic hydroxyl groups excluding tert-OH is 1. The first-order valence-electron chi connectivity index (χ1n) is 6.00. The average Bonchev–Trinajstić information content (AvgIpc) is 2.84. The van der Waals surface area contributed by atoms with E-state index in [4.69, 9.17) is 5.11 Å². The number of anilines is 1. The molecule has 1 N–H and O–H groups in total. The Balaban J connectivity index is 2.06. The highest BCUT2D eigenvalue weighted by Crippen LogP contribution is 2.24. The zero-order chi connectivity index (χ0) is 12.1. The second-order valence-electron chi connectivity index (χ2n) is 4.29. The number of carbonyl (C=O) groups excluding carboxylic acids is 1. The van der Waals surface area contributed by atoms with Crippen LogP contribution in [0.15, 0.2) is 12.4 Å². The first-order chi connectivity index (χ1) is 8.35. The highest BCUT2D eigenvalue weighted by Gasteiger charge is 2.25. The van der Waals surface area contributed by atoms with E-state index in [0.29, 0.717) is 17.6 Å². The molecule has 92 valence electrons. The Morgan fingerprint density at radius 1 is 1.47 bits per heavy atom. The van der Waals surface area contributed by atoms with Gasteiger partial charge in [0.05, 0.1) is 5.56 Å². The summed E-state index contributed by atoms with van der Waals surface area (Å²) in [5.74, 6) is 0.691. The van der Waals surface area contributed by atoms with Gasteiger partial charge in [-0.25, -0.2) is 9.97 Å². The Labute approximate surface area is 100 Å². The minimum absolute atomic E-state index is 0.231. The molecular formula is C12H17N3O2. The number of aldehydes is 1. The Morgan fingerprint density at radius 2 is 2.24 bits per heavy atom. The van der Waals surface area contributed by atoms with Gasteiger partial charge in [0, 0.05) is 31.6 Å². The molecule has 17 heavy (non-hydrogen) atoms. The second-order valence-corrected chi connectivity index (χ2v) is 4.29. The van der Waals surface area contributed by atoms with E-state index < -0.39 is 0 Å². The van der Waals surface area contributed by atoms with Crippen LogP contribution in [-0.4, -0.2) is 40.6 Å². The predicted molar refractivity (Wildman–Crippen MR) is 64.1 cm³/mol. The number of rotatable bonds is 5. The topological polar surface area (TPSA) is 66.3 Å². The van der Waals surface area contributed by atoms with Gasteiger partial charge in [-0.1, -0.05) is 0 Å². The van der Waals surface area contributed by atoms with Crippen LogP contribution in [0.25, 0.3) is 0 Å². The van der Waals surface area contributed by atoms with Crippen molar-refractivity contribution < 1.29 is 9.90 Å². The zero-order valence-corrected chi connectivity index (χ0v) is 9.75. The quantitative estimate of drug-likeness (QED) is 0.772. The third-order valence-electron chi connectivity index (χ3n) is 3.12. The Bertz CT molecular complexity index is 367. The largest absolute Gasteiger partial charge is 0.396 e. The van der Waals surface area contributed by atoms with E-state index in [-0.39, 0.29) is 6.61 Å². The summed E-state index contributed by atoms with van der Waals surface area (Å²) in [4.78, 5) is 21.1. The van der Waals surface area contributed by atoms with Gasteiger partial charge in [-0.15, -0.1) is 0 Å². The van der Waals surface area contributed by atoms with Gasteiger partial charge in [0.1, 0.15) is 0 Å². The van der Waals surface area contributed by atoms with Crippen LogP contribution < -0.4 is 4.90 Å². The molecule has 1 atom stereocenters. The summed E-state index contributed by atoms with van der Waals surface area (Å²) in [7, 11) is 0. The molecule has 1 unspecified atom stereocenters. The minimum atomic E-state index is 0.231. The highest BCUT2D eigenvalue weighted by molar-refractivity contribution is 5.73. The molecule has 1 aromatic rings. The first kappa shape index (κ1) is 12.0. The van der Waals surface area contributed by atoms with Crippen molar-refractivity contribution in [2.75, 3.05) is 18.1 Å². The fourth-order valence-corrected chi connectivity index (χ4v) is 2.27. The van der Waals surface area contributed by atoms with Gasteiger partial charge in [-0.3, -0.25) is 4.79 Å². The lowest BCUT2D eigenvalue weighted by atomic mass is 10.1. The van der Waals surface area contributed by atoms with Gasteiger partial charge in [0.15, 0.2) is 6.29 Å². The van der Waals surface area contributed by atoms with Crippen molar-refractivity contribution in [3.8, 4) is 0 Å². The van der Waals surface area contributed by atoms with E-state index >= 15 is 0 Å². The molecule has 1 saturated heterocycles. The fraction of sp³-hybridized carbons (Fsp3) is 0.583. The monoisotopic (exact) mass is 235 g/mol. The Kier molecular flexibility index (Phi) is 4.03. The van der Waals surface area contributed by atoms with Gasteiger partial charge in [0.2, 0.25) is 5.95 Å². The molecule has 0 aliphatic carbocycles. The molecular weight excluding hydrogens is 218 g/mol. The number of aromatic nitrogens is 2. The zero-order valence-electron chi connectivity index (χ0n) is 9.75. The minimum Gasteiger partial charge on any atom is -0.396 e. The van der Waals surface area contributed by atoms with Gasteiger partial charge < -0.3 is 10.0 Å². The molecule has 0 amide bonds. The summed E-state index contributed by atoms with van der Waals surface area (Å²) >= 11 is 0. The fourth-order valence-electron chi connectivity index (χ4n) is 2.27. The SMILES string of the molecule is O=Cc1cnc(N2CCCC2CCCO)nc1. The molecule has 1 fully saturated rings. The molecule has 2 heterocycles. The van der Waals surface area contributed by atoms with Crippen LogP contribution in [0.1, 0.15) is 36.0 Å². The maximum atomic E-state index is 10.5. The highest BCUT2D eigenvalue weighted by atomic mass is 16.2. The summed E-state index contributed by atoms with van der Waals surface area (Å²) < 4.78 is 0. The standard InChI is InChI=1S/C12H17N3O2/c16-6-2-4-11-3-1-5-15(11)12-13-7-10(9-17)8-14-12/h7-9,11,16H,1-6H2. The average molecular weight is 235 g/mol. The molecule has 0 aromatic carbocycles. The number of hydrogen-bond donors (Lipinski definition) is 1. The lowest BCUT2D eigenvalue weighted by Crippen LogP contribution is -2.30. The second kappa shape index (κ2) is 5.72. The van der Waals surface area contributed by atoms with Gasteiger partial charge in [-0.2, -0.15) is 0 Å². The van der Waals surface area contributed by atoms with Crippen molar-refractivity contribution >= 4 is 12.2 Å². The van der Waals surface area contributed by atoms with Crippen LogP contribution in [0.4, 0.5) is 5.95 Å². The number of nitrogens with zero attached hydrogens (tertiary/aromatic N) is 3. The predicted octanol–water partition coefficient (Wildman–Crippen LogP) is 1.03. The van der Waals surface area contributed by atoms with Crippen molar-refractivity contribution in [1.29, 1.82) is 0 Å². The van der Waals surface area contributed by atoms with Gasteiger partial charge >= 0.3 is 0 Å². The smallest absolute Gasteiger partial charge is 0.225 e. The lowest BCUT2D eigenvalue weighted by molar-refractivity contribution is 0.112. The molecule has 1 aliphatic heterocycles. The van der Waals surface area contributed by atoms with E-state index in [2.05, 4.69) is 14.9 Å². The molecule has 1 aromatic heterocycles. The maximum Gasteiger partial charge on any atom is 0.225 e. The maximum absolute atomic E-state index is 10.5. The van der Waals surface area contributed by atoms with Crippen LogP contribution >= 0.6 is 0 Å². The molecule has 5 nitrogen and oxygen atoms in total. The summed E-state index contributed by atoms with van der Waals surface area (Å²) in [6.45, 7) is 1.19. The molecule has 2 rings (SSSR count).